The van der Waals surface area contributed by atoms with Crippen LogP contribution in [0.2, 0.25) is 0 Å². The SMILES string of the molecule is CC/C=C/C/C=C/C/C=C/C/C=C/CCCCCC(=O)OC(CCCCCCCCC/C=C/CCCCCCCC)CC(=O)NC(CO)C(O)CCCCCCCCCCCCCC. The lowest BCUT2D eigenvalue weighted by Gasteiger charge is -2.24. The molecule has 0 rings (SSSR count). The number of allylic oxidation sites excluding steroid dienone is 10. The van der Waals surface area contributed by atoms with E-state index in [1.807, 2.05) is 0 Å². The monoisotopic (exact) mass is 896 g/mol. The Bertz CT molecular complexity index is 1140. The van der Waals surface area contributed by atoms with Crippen molar-refractivity contribution in [1.82, 2.24) is 5.32 Å². The highest BCUT2D eigenvalue weighted by Crippen LogP contribution is 2.18. The molecule has 0 fully saturated rings. The summed E-state index contributed by atoms with van der Waals surface area (Å²) in [6, 6.07) is -0.711. The lowest BCUT2D eigenvalue weighted by Crippen LogP contribution is -2.46. The number of unbranched alkanes of at least 4 members (excludes halogenated alkanes) is 27. The molecule has 1 amide bonds. The maximum Gasteiger partial charge on any atom is 0.306 e. The van der Waals surface area contributed by atoms with Gasteiger partial charge in [-0.05, 0) is 89.9 Å². The average Bonchev–Trinajstić information content (AvgIpc) is 3.29. The number of aliphatic hydroxyl groups excluding tert-OH is 2. The van der Waals surface area contributed by atoms with Crippen LogP contribution in [0.1, 0.15) is 271 Å². The number of hydrogen-bond donors (Lipinski definition) is 3. The first-order valence-electron chi connectivity index (χ1n) is 27.5. The predicted octanol–water partition coefficient (Wildman–Crippen LogP) is 16.8. The van der Waals surface area contributed by atoms with Gasteiger partial charge in [-0.25, -0.2) is 0 Å². The molecule has 0 aliphatic carbocycles. The summed E-state index contributed by atoms with van der Waals surface area (Å²) in [5.41, 5.74) is 0. The van der Waals surface area contributed by atoms with Crippen LogP contribution >= 0.6 is 0 Å². The number of hydrogen-bond acceptors (Lipinski definition) is 5. The van der Waals surface area contributed by atoms with Crippen LogP contribution in [0, 0.1) is 0 Å². The van der Waals surface area contributed by atoms with Crippen molar-refractivity contribution >= 4 is 11.9 Å². The Morgan fingerprint density at radius 2 is 0.844 bits per heavy atom. The van der Waals surface area contributed by atoms with Crippen molar-refractivity contribution in [1.29, 1.82) is 0 Å². The molecule has 0 radical (unpaired) electrons. The fourth-order valence-electron chi connectivity index (χ4n) is 8.18. The standard InChI is InChI=1S/C58H105NO5/c1-4-7-10-13-16-19-22-25-27-29-30-32-34-37-40-43-46-49-54(64-58(63)51-48-45-42-39-36-33-31-28-26-23-20-17-14-11-8-5-2)52-57(62)59-55(53-60)56(61)50-47-44-41-38-35-24-21-18-15-12-9-6-3/h8,11,17,20,25-28,33,36,54-56,60-61H,4-7,9-10,12-16,18-19,21-24,29-32,34-35,37-53H2,1-3H3,(H,59,62)/b11-8+,20-17+,27-25+,28-26+,36-33+. The van der Waals surface area contributed by atoms with E-state index in [-0.39, 0.29) is 24.9 Å². The molecule has 0 bridgehead atoms. The largest absolute Gasteiger partial charge is 0.462 e. The second kappa shape index (κ2) is 51.5. The van der Waals surface area contributed by atoms with Crippen LogP contribution in [-0.2, 0) is 14.3 Å². The minimum atomic E-state index is -0.795. The number of nitrogens with one attached hydrogen (secondary N) is 1. The van der Waals surface area contributed by atoms with Crippen LogP contribution in [-0.4, -0.2) is 46.9 Å². The Morgan fingerprint density at radius 1 is 0.469 bits per heavy atom. The molecule has 0 aromatic carbocycles. The summed E-state index contributed by atoms with van der Waals surface area (Å²) in [5, 5.41) is 23.8. The molecule has 0 saturated carbocycles. The number of rotatable bonds is 49. The van der Waals surface area contributed by atoms with Gasteiger partial charge in [0.1, 0.15) is 6.10 Å². The first kappa shape index (κ1) is 61.6. The van der Waals surface area contributed by atoms with E-state index >= 15 is 0 Å². The third-order valence-electron chi connectivity index (χ3n) is 12.3. The molecule has 372 valence electrons. The van der Waals surface area contributed by atoms with E-state index < -0.39 is 18.2 Å². The van der Waals surface area contributed by atoms with E-state index in [1.165, 1.54) is 135 Å². The first-order chi connectivity index (χ1) is 31.5. The van der Waals surface area contributed by atoms with Gasteiger partial charge < -0.3 is 20.3 Å². The summed E-state index contributed by atoms with van der Waals surface area (Å²) < 4.78 is 5.94. The zero-order chi connectivity index (χ0) is 46.7. The second-order valence-corrected chi connectivity index (χ2v) is 18.6. The molecule has 3 N–H and O–H groups in total. The third kappa shape index (κ3) is 46.1. The summed E-state index contributed by atoms with van der Waals surface area (Å²) in [5.74, 6) is -0.509. The van der Waals surface area contributed by atoms with Crippen molar-refractivity contribution in [2.45, 2.75) is 289 Å². The van der Waals surface area contributed by atoms with Crippen molar-refractivity contribution in [2.24, 2.45) is 0 Å². The maximum atomic E-state index is 13.2. The van der Waals surface area contributed by atoms with Crippen molar-refractivity contribution in [3.8, 4) is 0 Å². The molecule has 64 heavy (non-hydrogen) atoms. The normalized spacial score (nSPS) is 13.6. The van der Waals surface area contributed by atoms with Gasteiger partial charge in [0, 0.05) is 6.42 Å². The average molecular weight is 896 g/mol. The van der Waals surface area contributed by atoms with E-state index in [0.717, 1.165) is 89.9 Å². The van der Waals surface area contributed by atoms with Crippen LogP contribution in [0.5, 0.6) is 0 Å². The number of ether oxygens (including phenoxy) is 1. The molecule has 0 saturated heterocycles. The minimum Gasteiger partial charge on any atom is -0.462 e. The summed E-state index contributed by atoms with van der Waals surface area (Å²) in [6.07, 6.45) is 64.2. The second-order valence-electron chi connectivity index (χ2n) is 18.6. The van der Waals surface area contributed by atoms with Crippen molar-refractivity contribution in [3.63, 3.8) is 0 Å². The quantitative estimate of drug-likeness (QED) is 0.0321. The topological polar surface area (TPSA) is 95.9 Å². The fourth-order valence-corrected chi connectivity index (χ4v) is 8.18. The Labute approximate surface area is 397 Å². The predicted molar refractivity (Wildman–Crippen MR) is 278 cm³/mol. The van der Waals surface area contributed by atoms with Gasteiger partial charge in [0.2, 0.25) is 5.91 Å². The molecular formula is C58H105NO5. The zero-order valence-corrected chi connectivity index (χ0v) is 42.4. The van der Waals surface area contributed by atoms with E-state index in [1.54, 1.807) is 0 Å². The highest BCUT2D eigenvalue weighted by molar-refractivity contribution is 5.77. The number of aliphatic hydroxyl groups is 2. The van der Waals surface area contributed by atoms with E-state index in [4.69, 9.17) is 4.74 Å². The lowest BCUT2D eigenvalue weighted by atomic mass is 10.0. The highest BCUT2D eigenvalue weighted by atomic mass is 16.5. The molecule has 3 atom stereocenters. The fraction of sp³-hybridized carbons (Fsp3) is 0.793. The molecule has 0 aromatic heterocycles. The van der Waals surface area contributed by atoms with Gasteiger partial charge in [0.15, 0.2) is 0 Å². The summed E-state index contributed by atoms with van der Waals surface area (Å²) in [6.45, 7) is 6.37. The smallest absolute Gasteiger partial charge is 0.306 e. The number of carbonyl (C=O) groups is 2. The van der Waals surface area contributed by atoms with Crippen LogP contribution in [0.15, 0.2) is 60.8 Å². The van der Waals surface area contributed by atoms with Crippen LogP contribution in [0.3, 0.4) is 0 Å². The van der Waals surface area contributed by atoms with Gasteiger partial charge in [-0.15, -0.1) is 0 Å². The van der Waals surface area contributed by atoms with Gasteiger partial charge in [-0.3, -0.25) is 9.59 Å². The zero-order valence-electron chi connectivity index (χ0n) is 42.4. The molecule has 6 heteroatoms. The molecular weight excluding hydrogens is 791 g/mol. The van der Waals surface area contributed by atoms with Gasteiger partial charge in [0.25, 0.3) is 0 Å². The molecule has 0 aromatic rings. The lowest BCUT2D eigenvalue weighted by molar-refractivity contribution is -0.151. The molecule has 6 nitrogen and oxygen atoms in total. The van der Waals surface area contributed by atoms with E-state index in [9.17, 15) is 19.8 Å². The van der Waals surface area contributed by atoms with Crippen LogP contribution < -0.4 is 5.32 Å². The molecule has 3 unspecified atom stereocenters. The van der Waals surface area contributed by atoms with Gasteiger partial charge in [-0.2, -0.15) is 0 Å². The Balaban J connectivity index is 4.64. The first-order valence-corrected chi connectivity index (χ1v) is 27.5. The van der Waals surface area contributed by atoms with Gasteiger partial charge >= 0.3 is 5.97 Å². The Morgan fingerprint density at radius 3 is 1.30 bits per heavy atom. The summed E-state index contributed by atoms with van der Waals surface area (Å²) in [7, 11) is 0. The number of amides is 1. The van der Waals surface area contributed by atoms with Crippen LogP contribution in [0.4, 0.5) is 0 Å². The molecule has 0 heterocycles. The van der Waals surface area contributed by atoms with Gasteiger partial charge in [0.05, 0.1) is 25.2 Å². The van der Waals surface area contributed by atoms with Crippen molar-refractivity contribution < 1.29 is 24.5 Å². The van der Waals surface area contributed by atoms with E-state index in [2.05, 4.69) is 86.8 Å². The number of carbonyl (C=O) groups excluding carboxylic acids is 2. The summed E-state index contributed by atoms with van der Waals surface area (Å²) in [4.78, 5) is 26.2. The molecule has 0 aliphatic rings. The molecule has 0 spiro atoms. The van der Waals surface area contributed by atoms with Gasteiger partial charge in [-0.1, -0.05) is 229 Å². The van der Waals surface area contributed by atoms with E-state index in [0.29, 0.717) is 19.3 Å². The minimum absolute atomic E-state index is 0.0613. The number of esters is 1. The highest BCUT2D eigenvalue weighted by Gasteiger charge is 2.24. The Kier molecular flexibility index (Phi) is 49.6. The molecule has 0 aliphatic heterocycles. The van der Waals surface area contributed by atoms with Crippen LogP contribution in [0.25, 0.3) is 0 Å². The summed E-state index contributed by atoms with van der Waals surface area (Å²) >= 11 is 0. The maximum absolute atomic E-state index is 13.2. The van der Waals surface area contributed by atoms with Crippen molar-refractivity contribution in [2.75, 3.05) is 6.61 Å². The third-order valence-corrected chi connectivity index (χ3v) is 12.3. The van der Waals surface area contributed by atoms with Crippen molar-refractivity contribution in [3.05, 3.63) is 60.8 Å². The Hall–Kier alpha value is -2.44.